The van der Waals surface area contributed by atoms with Gasteiger partial charge >= 0.3 is 0 Å². The van der Waals surface area contributed by atoms with Gasteiger partial charge in [0.1, 0.15) is 0 Å². The Morgan fingerprint density at radius 1 is 1.47 bits per heavy atom. The van der Waals surface area contributed by atoms with Crippen LogP contribution in [-0.2, 0) is 0 Å². The Kier molecular flexibility index (Phi) is 3.17. The molecule has 1 N–H and O–H groups in total. The highest BCUT2D eigenvalue weighted by Crippen LogP contribution is 2.23. The van der Waals surface area contributed by atoms with Crippen molar-refractivity contribution in [2.75, 3.05) is 13.1 Å². The Labute approximate surface area is 91.5 Å². The quantitative estimate of drug-likeness (QED) is 0.694. The minimum absolute atomic E-state index is 0.964. The molecule has 0 saturated heterocycles. The van der Waals surface area contributed by atoms with E-state index in [1.807, 2.05) is 6.21 Å². The van der Waals surface area contributed by atoms with Crippen LogP contribution in [0.4, 0.5) is 0 Å². The highest BCUT2D eigenvalue weighted by molar-refractivity contribution is 5.75. The Morgan fingerprint density at radius 3 is 3.13 bits per heavy atom. The topological polar surface area (TPSA) is 24.4 Å². The van der Waals surface area contributed by atoms with Gasteiger partial charge in [-0.05, 0) is 36.1 Å². The van der Waals surface area contributed by atoms with Gasteiger partial charge < -0.3 is 5.32 Å². The molecular weight excluding hydrogens is 184 g/mol. The summed E-state index contributed by atoms with van der Waals surface area (Å²) in [5, 5.41) is 3.40. The Hall–Kier alpha value is -1.15. The summed E-state index contributed by atoms with van der Waals surface area (Å²) in [4.78, 5) is 4.55. The minimum atomic E-state index is 0.964. The molecule has 0 bridgehead atoms. The third-order valence-electron chi connectivity index (χ3n) is 2.99. The first-order chi connectivity index (χ1) is 7.31. The summed E-state index contributed by atoms with van der Waals surface area (Å²) in [5.74, 6) is 0. The number of nitrogens with one attached hydrogen (secondary N) is 1. The van der Waals surface area contributed by atoms with Crippen molar-refractivity contribution in [2.45, 2.75) is 26.7 Å². The van der Waals surface area contributed by atoms with Crippen molar-refractivity contribution in [3.63, 3.8) is 0 Å². The summed E-state index contributed by atoms with van der Waals surface area (Å²) < 4.78 is 0. The van der Waals surface area contributed by atoms with Gasteiger partial charge in [0.2, 0.25) is 0 Å². The molecule has 2 aliphatic rings. The van der Waals surface area contributed by atoms with Gasteiger partial charge in [-0.1, -0.05) is 13.0 Å². The molecule has 2 heterocycles. The maximum Gasteiger partial charge on any atom is 0.0463 e. The lowest BCUT2D eigenvalue weighted by molar-refractivity contribution is 0.676. The van der Waals surface area contributed by atoms with Gasteiger partial charge in [0.25, 0.3) is 0 Å². The Balaban J connectivity index is 2.37. The predicted octanol–water partition coefficient (Wildman–Crippen LogP) is 2.60. The second kappa shape index (κ2) is 4.58. The lowest BCUT2D eigenvalue weighted by Crippen LogP contribution is -2.25. The van der Waals surface area contributed by atoms with Crippen LogP contribution in [0.1, 0.15) is 26.7 Å². The summed E-state index contributed by atoms with van der Waals surface area (Å²) in [5.41, 5.74) is 5.36. The zero-order valence-corrected chi connectivity index (χ0v) is 9.51. The van der Waals surface area contributed by atoms with Crippen LogP contribution in [-0.4, -0.2) is 19.3 Å². The molecule has 0 amide bonds. The van der Waals surface area contributed by atoms with E-state index >= 15 is 0 Å². The van der Waals surface area contributed by atoms with E-state index in [2.05, 4.69) is 36.3 Å². The fourth-order valence-corrected chi connectivity index (χ4v) is 2.04. The van der Waals surface area contributed by atoms with Crippen LogP contribution in [0.5, 0.6) is 0 Å². The largest absolute Gasteiger partial charge is 0.312 e. The van der Waals surface area contributed by atoms with E-state index in [9.17, 15) is 0 Å². The van der Waals surface area contributed by atoms with Gasteiger partial charge in [-0.25, -0.2) is 0 Å². The monoisotopic (exact) mass is 202 g/mol. The highest BCUT2D eigenvalue weighted by Gasteiger charge is 2.13. The van der Waals surface area contributed by atoms with Crippen LogP contribution in [0.3, 0.4) is 0 Å². The lowest BCUT2D eigenvalue weighted by atomic mass is 9.97. The van der Waals surface area contributed by atoms with Crippen molar-refractivity contribution in [3.05, 3.63) is 34.6 Å². The number of nitrogens with zero attached hydrogens (tertiary/aromatic N) is 1. The molecule has 0 saturated carbocycles. The maximum atomic E-state index is 4.55. The second-order valence-corrected chi connectivity index (χ2v) is 4.05. The van der Waals surface area contributed by atoms with Gasteiger partial charge in [-0.15, -0.1) is 0 Å². The molecule has 0 fully saturated rings. The van der Waals surface area contributed by atoms with Crippen LogP contribution in [0, 0.1) is 0 Å². The minimum Gasteiger partial charge on any atom is -0.312 e. The normalized spacial score (nSPS) is 21.5. The number of allylic oxidation sites excluding steroid dienone is 3. The maximum absolute atomic E-state index is 4.55. The van der Waals surface area contributed by atoms with Crippen LogP contribution >= 0.6 is 0 Å². The van der Waals surface area contributed by atoms with Crippen LogP contribution < -0.4 is 5.32 Å². The van der Waals surface area contributed by atoms with Crippen LogP contribution in [0.15, 0.2) is 39.6 Å². The molecule has 0 aromatic heterocycles. The number of hydrogen-bond acceptors (Lipinski definition) is 2. The molecule has 0 atom stereocenters. The van der Waals surface area contributed by atoms with Crippen molar-refractivity contribution < 1.29 is 0 Å². The summed E-state index contributed by atoms with van der Waals surface area (Å²) in [7, 11) is 0. The zero-order chi connectivity index (χ0) is 10.7. The fourth-order valence-electron chi connectivity index (χ4n) is 2.04. The summed E-state index contributed by atoms with van der Waals surface area (Å²) in [6.45, 7) is 6.38. The van der Waals surface area contributed by atoms with Crippen molar-refractivity contribution in [1.82, 2.24) is 5.32 Å². The van der Waals surface area contributed by atoms with Crippen molar-refractivity contribution in [1.29, 1.82) is 0 Å². The van der Waals surface area contributed by atoms with Crippen LogP contribution in [0.25, 0.3) is 0 Å². The highest BCUT2D eigenvalue weighted by atomic mass is 14.9. The number of rotatable bonds is 1. The molecule has 0 aromatic carbocycles. The molecule has 2 aliphatic heterocycles. The van der Waals surface area contributed by atoms with Gasteiger partial charge in [-0.3, -0.25) is 4.99 Å². The fraction of sp³-hybridized carbons (Fsp3) is 0.462. The van der Waals surface area contributed by atoms with E-state index in [1.165, 1.54) is 22.4 Å². The zero-order valence-electron chi connectivity index (χ0n) is 9.51. The van der Waals surface area contributed by atoms with Crippen molar-refractivity contribution >= 4 is 6.21 Å². The molecule has 80 valence electrons. The van der Waals surface area contributed by atoms with Gasteiger partial charge in [0.05, 0.1) is 0 Å². The average molecular weight is 202 g/mol. The molecular formula is C13H18N2. The van der Waals surface area contributed by atoms with E-state index in [0.29, 0.717) is 0 Å². The molecule has 0 spiro atoms. The standard InChI is InChI=1S/C13H18N2/c1-3-11-4-7-15-13-5-6-14-9-12(13)10(2)8-11/h4,7-8,14H,3,5-6,9H2,1-2H3. The molecule has 0 aromatic rings. The van der Waals surface area contributed by atoms with Gasteiger partial charge in [0, 0.05) is 31.4 Å². The van der Waals surface area contributed by atoms with E-state index in [4.69, 9.17) is 0 Å². The summed E-state index contributed by atoms with van der Waals surface area (Å²) in [6, 6.07) is 0. The van der Waals surface area contributed by atoms with Gasteiger partial charge in [-0.2, -0.15) is 0 Å². The molecule has 0 radical (unpaired) electrons. The summed E-state index contributed by atoms with van der Waals surface area (Å²) in [6.07, 6.45) is 8.47. The van der Waals surface area contributed by atoms with Gasteiger partial charge in [0.15, 0.2) is 0 Å². The third kappa shape index (κ3) is 2.26. The molecule has 2 rings (SSSR count). The molecule has 15 heavy (non-hydrogen) atoms. The average Bonchev–Trinajstić information content (AvgIpc) is 2.25. The third-order valence-corrected chi connectivity index (χ3v) is 2.99. The number of aliphatic imine (C=N–C) groups is 1. The van der Waals surface area contributed by atoms with Crippen molar-refractivity contribution in [2.24, 2.45) is 4.99 Å². The second-order valence-electron chi connectivity index (χ2n) is 4.05. The van der Waals surface area contributed by atoms with E-state index in [1.54, 1.807) is 0 Å². The first-order valence-electron chi connectivity index (χ1n) is 5.66. The predicted molar refractivity (Wildman–Crippen MR) is 65.1 cm³/mol. The summed E-state index contributed by atoms with van der Waals surface area (Å²) >= 11 is 0. The van der Waals surface area contributed by atoms with E-state index in [0.717, 1.165) is 25.9 Å². The first kappa shape index (κ1) is 10.4. The molecule has 2 heteroatoms. The Bertz CT molecular complexity index is 370. The molecule has 0 unspecified atom stereocenters. The lowest BCUT2D eigenvalue weighted by Gasteiger charge is -2.20. The van der Waals surface area contributed by atoms with E-state index in [-0.39, 0.29) is 0 Å². The first-order valence-corrected chi connectivity index (χ1v) is 5.66. The smallest absolute Gasteiger partial charge is 0.0463 e. The van der Waals surface area contributed by atoms with E-state index < -0.39 is 0 Å². The molecule has 2 nitrogen and oxygen atoms in total. The Morgan fingerprint density at radius 2 is 2.33 bits per heavy atom. The molecule has 0 aliphatic carbocycles. The number of hydrogen-bond donors (Lipinski definition) is 1. The van der Waals surface area contributed by atoms with Crippen LogP contribution in [0.2, 0.25) is 0 Å². The van der Waals surface area contributed by atoms with Crippen molar-refractivity contribution in [3.8, 4) is 0 Å². The SMILES string of the molecule is CCC1=CC=NC2=C(CNCC2)C(C)=C1.